The molecule has 1 fully saturated rings. The number of methoxy groups -OCH3 is 1. The lowest BCUT2D eigenvalue weighted by Gasteiger charge is -2.38. The molecule has 1 aromatic carbocycles. The summed E-state index contributed by atoms with van der Waals surface area (Å²) in [5, 5.41) is 3.65. The van der Waals surface area contributed by atoms with Crippen LogP contribution in [0.25, 0.3) is 0 Å². The molecule has 1 aromatic rings. The van der Waals surface area contributed by atoms with Crippen molar-refractivity contribution in [1.82, 2.24) is 5.32 Å². The summed E-state index contributed by atoms with van der Waals surface area (Å²) in [7, 11) is 1.75. The summed E-state index contributed by atoms with van der Waals surface area (Å²) in [6, 6.07) is 11.3. The zero-order valence-corrected chi connectivity index (χ0v) is 11.3. The maximum Gasteiger partial charge on any atom is 0.0657 e. The van der Waals surface area contributed by atoms with E-state index in [2.05, 4.69) is 36.5 Å². The van der Waals surface area contributed by atoms with Crippen molar-refractivity contribution < 1.29 is 9.47 Å². The normalized spacial score (nSPS) is 24.6. The molecule has 0 bridgehead atoms. The zero-order chi connectivity index (χ0) is 12.8. The van der Waals surface area contributed by atoms with Crippen LogP contribution in [0.2, 0.25) is 0 Å². The van der Waals surface area contributed by atoms with Crippen molar-refractivity contribution in [2.75, 3.05) is 20.3 Å². The highest BCUT2D eigenvalue weighted by Gasteiger charge is 2.31. The van der Waals surface area contributed by atoms with Crippen molar-refractivity contribution in [3.05, 3.63) is 35.9 Å². The van der Waals surface area contributed by atoms with Crippen molar-refractivity contribution >= 4 is 0 Å². The molecular weight excluding hydrogens is 226 g/mol. The molecule has 0 radical (unpaired) electrons. The molecule has 0 aromatic heterocycles. The van der Waals surface area contributed by atoms with E-state index < -0.39 is 0 Å². The third kappa shape index (κ3) is 3.55. The van der Waals surface area contributed by atoms with Gasteiger partial charge in [-0.3, -0.25) is 0 Å². The van der Waals surface area contributed by atoms with Gasteiger partial charge in [0.1, 0.15) is 0 Å². The summed E-state index contributed by atoms with van der Waals surface area (Å²) >= 11 is 0. The molecule has 1 aliphatic carbocycles. The second kappa shape index (κ2) is 6.88. The first-order valence-corrected chi connectivity index (χ1v) is 6.75. The van der Waals surface area contributed by atoms with Gasteiger partial charge in [0.05, 0.1) is 18.8 Å². The Bertz CT molecular complexity index is 336. The number of benzene rings is 1. The topological polar surface area (TPSA) is 30.5 Å². The Morgan fingerprint density at radius 3 is 2.61 bits per heavy atom. The van der Waals surface area contributed by atoms with Gasteiger partial charge in [0.15, 0.2) is 0 Å². The lowest BCUT2D eigenvalue weighted by atomic mass is 9.88. The highest BCUT2D eigenvalue weighted by Crippen LogP contribution is 2.26. The van der Waals surface area contributed by atoms with Crippen LogP contribution in [0.4, 0.5) is 0 Å². The largest absolute Gasteiger partial charge is 0.383 e. The average molecular weight is 249 g/mol. The number of ether oxygens (including phenoxy) is 2. The molecule has 1 N–H and O–H groups in total. The van der Waals surface area contributed by atoms with E-state index in [0.29, 0.717) is 18.8 Å². The Labute approximate surface area is 109 Å². The highest BCUT2D eigenvalue weighted by molar-refractivity contribution is 5.19. The molecule has 0 aliphatic heterocycles. The molecule has 18 heavy (non-hydrogen) atoms. The maximum absolute atomic E-state index is 5.58. The molecule has 0 heterocycles. The fourth-order valence-electron chi connectivity index (χ4n) is 2.45. The average Bonchev–Trinajstić information content (AvgIpc) is 2.36. The number of hydrogen-bond acceptors (Lipinski definition) is 3. The van der Waals surface area contributed by atoms with E-state index in [1.807, 2.05) is 6.07 Å². The second-order valence-corrected chi connectivity index (χ2v) is 4.83. The SMILES string of the molecule is CCOC1CC(NC(COC)c2ccccc2)C1. The summed E-state index contributed by atoms with van der Waals surface area (Å²) in [4.78, 5) is 0. The van der Waals surface area contributed by atoms with Crippen LogP contribution in [0, 0.1) is 0 Å². The Hall–Kier alpha value is -0.900. The molecule has 100 valence electrons. The highest BCUT2D eigenvalue weighted by atomic mass is 16.5. The van der Waals surface area contributed by atoms with Gasteiger partial charge in [-0.2, -0.15) is 0 Å². The van der Waals surface area contributed by atoms with Crippen LogP contribution in [-0.2, 0) is 9.47 Å². The van der Waals surface area contributed by atoms with Crippen LogP contribution >= 0.6 is 0 Å². The number of rotatable bonds is 7. The van der Waals surface area contributed by atoms with Crippen LogP contribution in [0.5, 0.6) is 0 Å². The van der Waals surface area contributed by atoms with Crippen LogP contribution < -0.4 is 5.32 Å². The van der Waals surface area contributed by atoms with Crippen molar-refractivity contribution in [3.8, 4) is 0 Å². The van der Waals surface area contributed by atoms with Gasteiger partial charge >= 0.3 is 0 Å². The molecule has 3 nitrogen and oxygen atoms in total. The second-order valence-electron chi connectivity index (χ2n) is 4.83. The van der Waals surface area contributed by atoms with Gasteiger partial charge < -0.3 is 14.8 Å². The summed E-state index contributed by atoms with van der Waals surface area (Å²) in [6.07, 6.45) is 2.67. The van der Waals surface area contributed by atoms with Gasteiger partial charge in [-0.25, -0.2) is 0 Å². The van der Waals surface area contributed by atoms with Crippen molar-refractivity contribution in [1.29, 1.82) is 0 Å². The van der Waals surface area contributed by atoms with Crippen LogP contribution in [0.3, 0.4) is 0 Å². The predicted octanol–water partition coefficient (Wildman–Crippen LogP) is 2.53. The monoisotopic (exact) mass is 249 g/mol. The first kappa shape index (κ1) is 13.5. The van der Waals surface area contributed by atoms with Crippen LogP contribution in [0.1, 0.15) is 31.4 Å². The zero-order valence-electron chi connectivity index (χ0n) is 11.3. The van der Waals surface area contributed by atoms with Crippen molar-refractivity contribution in [2.45, 2.75) is 38.0 Å². The lowest BCUT2D eigenvalue weighted by Crippen LogP contribution is -2.47. The van der Waals surface area contributed by atoms with E-state index in [0.717, 1.165) is 19.4 Å². The molecule has 1 aliphatic rings. The summed E-state index contributed by atoms with van der Waals surface area (Å²) in [5.41, 5.74) is 1.29. The standard InChI is InChI=1S/C15H23NO2/c1-3-18-14-9-13(10-14)16-15(11-17-2)12-7-5-4-6-8-12/h4-8,13-16H,3,9-11H2,1-2H3. The van der Waals surface area contributed by atoms with E-state index in [-0.39, 0.29) is 6.04 Å². The van der Waals surface area contributed by atoms with E-state index in [4.69, 9.17) is 9.47 Å². The fraction of sp³-hybridized carbons (Fsp3) is 0.600. The van der Waals surface area contributed by atoms with Gasteiger partial charge in [-0.15, -0.1) is 0 Å². The first-order chi connectivity index (χ1) is 8.83. The smallest absolute Gasteiger partial charge is 0.0657 e. The van der Waals surface area contributed by atoms with Crippen LogP contribution in [0.15, 0.2) is 30.3 Å². The van der Waals surface area contributed by atoms with E-state index >= 15 is 0 Å². The minimum atomic E-state index is 0.281. The van der Waals surface area contributed by atoms with E-state index in [1.54, 1.807) is 7.11 Å². The third-order valence-corrected chi connectivity index (χ3v) is 3.47. The number of nitrogens with one attached hydrogen (secondary N) is 1. The van der Waals surface area contributed by atoms with Crippen molar-refractivity contribution in [2.24, 2.45) is 0 Å². The minimum Gasteiger partial charge on any atom is -0.383 e. The van der Waals surface area contributed by atoms with Crippen LogP contribution in [-0.4, -0.2) is 32.5 Å². The minimum absolute atomic E-state index is 0.281. The predicted molar refractivity (Wildman–Crippen MR) is 72.6 cm³/mol. The quantitative estimate of drug-likeness (QED) is 0.805. The molecule has 0 saturated heterocycles. The molecule has 1 saturated carbocycles. The Morgan fingerprint density at radius 1 is 1.28 bits per heavy atom. The molecule has 3 heteroatoms. The summed E-state index contributed by atoms with van der Waals surface area (Å²) < 4.78 is 10.9. The Kier molecular flexibility index (Phi) is 5.17. The van der Waals surface area contributed by atoms with E-state index in [9.17, 15) is 0 Å². The maximum atomic E-state index is 5.58. The van der Waals surface area contributed by atoms with Gasteiger partial charge in [-0.05, 0) is 25.3 Å². The number of hydrogen-bond donors (Lipinski definition) is 1. The molecule has 2 rings (SSSR count). The van der Waals surface area contributed by atoms with Gasteiger partial charge in [0.25, 0.3) is 0 Å². The Balaban J connectivity index is 1.85. The molecule has 1 unspecified atom stereocenters. The molecule has 0 spiro atoms. The summed E-state index contributed by atoms with van der Waals surface area (Å²) in [5.74, 6) is 0. The van der Waals surface area contributed by atoms with Crippen molar-refractivity contribution in [3.63, 3.8) is 0 Å². The first-order valence-electron chi connectivity index (χ1n) is 6.75. The van der Waals surface area contributed by atoms with E-state index in [1.165, 1.54) is 5.56 Å². The molecule has 1 atom stereocenters. The molecular formula is C15H23NO2. The fourth-order valence-corrected chi connectivity index (χ4v) is 2.45. The van der Waals surface area contributed by atoms with Gasteiger partial charge in [-0.1, -0.05) is 30.3 Å². The third-order valence-electron chi connectivity index (χ3n) is 3.47. The van der Waals surface area contributed by atoms with Gasteiger partial charge in [0.2, 0.25) is 0 Å². The Morgan fingerprint density at radius 2 is 2.00 bits per heavy atom. The van der Waals surface area contributed by atoms with Gasteiger partial charge in [0, 0.05) is 19.8 Å². The summed E-state index contributed by atoms with van der Waals surface area (Å²) in [6.45, 7) is 3.58. The molecule has 0 amide bonds. The lowest BCUT2D eigenvalue weighted by molar-refractivity contribution is -0.0149.